The molecular weight excluding hydrogens is 292 g/mol. The monoisotopic (exact) mass is 324 g/mol. The van der Waals surface area contributed by atoms with Gasteiger partial charge in [0.1, 0.15) is 0 Å². The average molecular weight is 325 g/mol. The molecule has 108 valence electrons. The van der Waals surface area contributed by atoms with Gasteiger partial charge in [0.15, 0.2) is 25.0 Å². The minimum absolute atomic E-state index is 0.286. The van der Waals surface area contributed by atoms with Gasteiger partial charge in [-0.3, -0.25) is 0 Å². The lowest BCUT2D eigenvalue weighted by molar-refractivity contribution is 0.271. The quantitative estimate of drug-likeness (QED) is 0.657. The van der Waals surface area contributed by atoms with Gasteiger partial charge in [0.25, 0.3) is 0 Å². The number of rotatable bonds is 7. The Morgan fingerprint density at radius 1 is 0.722 bits per heavy atom. The molecule has 0 aromatic heterocycles. The second-order valence-corrected chi connectivity index (χ2v) is 24.0. The van der Waals surface area contributed by atoms with Gasteiger partial charge < -0.3 is 12.3 Å². The minimum Gasteiger partial charge on any atom is -0.414 e. The van der Waals surface area contributed by atoms with E-state index in [0.717, 1.165) is 0 Å². The SMILES string of the molecule is [2H]C([2H])=C[Si](O[Si](C)(C)C)(O[Si](C)(C)C)O[Si](C)(C)C. The normalized spacial score (nSPS) is 16.1. The molecular formula is C11H30O3Si4. The third kappa shape index (κ3) is 8.57. The molecule has 3 nitrogen and oxygen atoms in total. The maximum atomic E-state index is 7.53. The molecule has 0 unspecified atom stereocenters. The molecule has 0 heterocycles. The molecule has 0 saturated heterocycles. The molecule has 0 atom stereocenters. The second kappa shape index (κ2) is 5.86. The Kier molecular flexibility index (Phi) is 4.84. The zero-order valence-corrected chi connectivity index (χ0v) is 17.3. The van der Waals surface area contributed by atoms with Gasteiger partial charge in [-0.2, -0.15) is 0 Å². The van der Waals surface area contributed by atoms with E-state index in [1.54, 1.807) is 0 Å². The highest BCUT2D eigenvalue weighted by Crippen LogP contribution is 2.26. The molecule has 0 radical (unpaired) electrons. The smallest absolute Gasteiger partial charge is 0.414 e. The Labute approximate surface area is 120 Å². The highest BCUT2D eigenvalue weighted by Gasteiger charge is 2.47. The van der Waals surface area contributed by atoms with Crippen LogP contribution in [0.15, 0.2) is 12.2 Å². The van der Waals surface area contributed by atoms with E-state index in [4.69, 9.17) is 15.1 Å². The highest BCUT2D eigenvalue weighted by molar-refractivity contribution is 6.91. The molecule has 0 aromatic carbocycles. The van der Waals surface area contributed by atoms with Crippen molar-refractivity contribution >= 4 is 33.8 Å². The van der Waals surface area contributed by atoms with Gasteiger partial charge in [0, 0.05) is 0 Å². The maximum Gasteiger partial charge on any atom is 0.497 e. The summed E-state index contributed by atoms with van der Waals surface area (Å²) in [4.78, 5) is 0. The van der Waals surface area contributed by atoms with Crippen LogP contribution in [0.2, 0.25) is 58.9 Å². The van der Waals surface area contributed by atoms with Crippen LogP contribution in [-0.2, 0) is 12.3 Å². The van der Waals surface area contributed by atoms with Crippen molar-refractivity contribution in [3.8, 4) is 0 Å². The van der Waals surface area contributed by atoms with E-state index >= 15 is 0 Å². The molecule has 0 spiro atoms. The van der Waals surface area contributed by atoms with Crippen molar-refractivity contribution in [2.75, 3.05) is 0 Å². The summed E-state index contributed by atoms with van der Waals surface area (Å²) in [5.74, 6) is 0. The van der Waals surface area contributed by atoms with Gasteiger partial charge in [-0.1, -0.05) is 0 Å². The molecule has 0 aliphatic rings. The van der Waals surface area contributed by atoms with Crippen LogP contribution in [0, 0.1) is 0 Å². The first-order chi connectivity index (χ1) is 8.54. The van der Waals surface area contributed by atoms with Crippen LogP contribution in [0.25, 0.3) is 0 Å². The Balaban J connectivity index is 5.70. The van der Waals surface area contributed by atoms with Crippen molar-refractivity contribution < 1.29 is 15.1 Å². The summed E-state index contributed by atoms with van der Waals surface area (Å²) < 4.78 is 33.9. The fourth-order valence-electron chi connectivity index (χ4n) is 1.43. The molecule has 0 aliphatic carbocycles. The fraction of sp³-hybridized carbons (Fsp3) is 0.818. The van der Waals surface area contributed by atoms with Crippen molar-refractivity contribution in [3.05, 3.63) is 12.2 Å². The zero-order chi connectivity index (χ0) is 16.4. The third-order valence-corrected chi connectivity index (χ3v) is 12.6. The first-order valence-electron chi connectivity index (χ1n) is 7.30. The molecule has 0 rings (SSSR count). The first-order valence-corrected chi connectivity index (χ1v) is 18.3. The number of hydrogen-bond donors (Lipinski definition) is 0. The molecule has 0 aromatic rings. The lowest BCUT2D eigenvalue weighted by atomic mass is 11.3. The van der Waals surface area contributed by atoms with Crippen LogP contribution in [0.3, 0.4) is 0 Å². The van der Waals surface area contributed by atoms with Gasteiger partial charge in [0.05, 0.1) is 2.74 Å². The average Bonchev–Trinajstić information content (AvgIpc) is 1.86. The molecule has 7 heteroatoms. The van der Waals surface area contributed by atoms with Gasteiger partial charge in [-0.05, 0) is 64.6 Å². The van der Waals surface area contributed by atoms with E-state index in [2.05, 4.69) is 58.9 Å². The predicted octanol–water partition coefficient (Wildman–Crippen LogP) is 4.21. The van der Waals surface area contributed by atoms with Crippen molar-refractivity contribution in [2.24, 2.45) is 0 Å². The summed E-state index contributed by atoms with van der Waals surface area (Å²) >= 11 is 0. The Morgan fingerprint density at radius 2 is 1.00 bits per heavy atom. The van der Waals surface area contributed by atoms with Crippen molar-refractivity contribution in [2.45, 2.75) is 58.9 Å². The van der Waals surface area contributed by atoms with Crippen LogP contribution >= 0.6 is 0 Å². The topological polar surface area (TPSA) is 27.7 Å². The van der Waals surface area contributed by atoms with Crippen molar-refractivity contribution in [1.82, 2.24) is 0 Å². The first kappa shape index (κ1) is 14.9. The van der Waals surface area contributed by atoms with Gasteiger partial charge in [-0.15, -0.1) is 6.53 Å². The Hall–Kier alpha value is 0.488. The van der Waals surface area contributed by atoms with Gasteiger partial charge >= 0.3 is 8.80 Å². The summed E-state index contributed by atoms with van der Waals surface area (Å²) in [6, 6.07) is 0. The summed E-state index contributed by atoms with van der Waals surface area (Å²) in [5, 5.41) is 0. The highest BCUT2D eigenvalue weighted by atomic mass is 28.5. The summed E-state index contributed by atoms with van der Waals surface area (Å²) in [6.07, 6.45) is 0. The summed E-state index contributed by atoms with van der Waals surface area (Å²) in [6.45, 7) is 18.4. The molecule has 18 heavy (non-hydrogen) atoms. The predicted molar refractivity (Wildman–Crippen MR) is 89.2 cm³/mol. The van der Waals surface area contributed by atoms with E-state index in [1.807, 2.05) is 0 Å². The van der Waals surface area contributed by atoms with Crippen LogP contribution in [0.4, 0.5) is 0 Å². The van der Waals surface area contributed by atoms with E-state index in [-0.39, 0.29) is 6.53 Å². The number of hydrogen-bond acceptors (Lipinski definition) is 3. The molecule has 0 saturated carbocycles. The summed E-state index contributed by atoms with van der Waals surface area (Å²) in [7, 11) is -8.86. The van der Waals surface area contributed by atoms with Crippen LogP contribution in [0.1, 0.15) is 2.74 Å². The molecule has 0 amide bonds. The Morgan fingerprint density at radius 3 is 1.17 bits per heavy atom. The van der Waals surface area contributed by atoms with Crippen LogP contribution < -0.4 is 0 Å². The third-order valence-electron chi connectivity index (χ3n) is 1.52. The zero-order valence-electron chi connectivity index (χ0n) is 15.3. The molecule has 0 bridgehead atoms. The lowest BCUT2D eigenvalue weighted by Gasteiger charge is -2.40. The van der Waals surface area contributed by atoms with Crippen molar-refractivity contribution in [3.63, 3.8) is 0 Å². The minimum atomic E-state index is -3.12. The van der Waals surface area contributed by atoms with E-state index < -0.39 is 33.8 Å². The fourth-order valence-corrected chi connectivity index (χ4v) is 14.0. The Bertz CT molecular complexity index is 311. The molecule has 0 fully saturated rings. The standard InChI is InChI=1S/C11H30O3Si4/c1-11-18(12-15(2,3)4,13-16(5,6)7)14-17(8,9)10/h11H,1H2,2-10H3/i1D2. The largest absolute Gasteiger partial charge is 0.497 e. The second-order valence-electron chi connectivity index (χ2n) is 7.39. The van der Waals surface area contributed by atoms with Gasteiger partial charge in [-0.25, -0.2) is 0 Å². The van der Waals surface area contributed by atoms with E-state index in [9.17, 15) is 0 Å². The molecule has 0 aliphatic heterocycles. The van der Waals surface area contributed by atoms with E-state index in [1.165, 1.54) is 5.70 Å². The van der Waals surface area contributed by atoms with E-state index in [0.29, 0.717) is 0 Å². The molecule has 0 N–H and O–H groups in total. The maximum absolute atomic E-state index is 7.53. The van der Waals surface area contributed by atoms with Crippen LogP contribution in [-0.4, -0.2) is 33.8 Å². The van der Waals surface area contributed by atoms with Crippen LogP contribution in [0.5, 0.6) is 0 Å². The van der Waals surface area contributed by atoms with Crippen molar-refractivity contribution in [1.29, 1.82) is 0 Å². The van der Waals surface area contributed by atoms with Gasteiger partial charge in [0.2, 0.25) is 0 Å². The lowest BCUT2D eigenvalue weighted by Crippen LogP contribution is -2.59. The summed E-state index contributed by atoms with van der Waals surface area (Å²) in [5.41, 5.74) is 1.49.